The number of carbonyl (C=O) groups excluding carboxylic acids is 1. The summed E-state index contributed by atoms with van der Waals surface area (Å²) in [6, 6.07) is 7.04. The molecule has 1 amide bonds. The van der Waals surface area contributed by atoms with Crippen molar-refractivity contribution in [2.45, 2.75) is 39.4 Å². The molecule has 29 heavy (non-hydrogen) atoms. The Kier molecular flexibility index (Phi) is 4.66. The van der Waals surface area contributed by atoms with Crippen molar-refractivity contribution in [3.05, 3.63) is 35.2 Å². The van der Waals surface area contributed by atoms with Gasteiger partial charge in [-0.25, -0.2) is 4.68 Å². The summed E-state index contributed by atoms with van der Waals surface area (Å²) < 4.78 is 7.70. The van der Waals surface area contributed by atoms with E-state index >= 15 is 0 Å². The van der Waals surface area contributed by atoms with E-state index in [2.05, 4.69) is 34.9 Å². The smallest absolute Gasteiger partial charge is 0.245 e. The highest BCUT2D eigenvalue weighted by Gasteiger charge is 2.27. The first-order valence-electron chi connectivity index (χ1n) is 10.5. The molecule has 3 aliphatic rings. The largest absolute Gasteiger partial charge is 0.493 e. The third-order valence-corrected chi connectivity index (χ3v) is 6.44. The van der Waals surface area contributed by atoms with Crippen LogP contribution in [0.2, 0.25) is 0 Å². The van der Waals surface area contributed by atoms with Gasteiger partial charge in [-0.1, -0.05) is 12.1 Å². The van der Waals surface area contributed by atoms with Gasteiger partial charge < -0.3 is 14.5 Å². The highest BCUT2D eigenvalue weighted by molar-refractivity contribution is 5.73. The van der Waals surface area contributed by atoms with Gasteiger partial charge in [0.05, 0.1) is 19.7 Å². The fourth-order valence-corrected chi connectivity index (χ4v) is 4.49. The summed E-state index contributed by atoms with van der Waals surface area (Å²) in [5, 5.41) is 4.69. The van der Waals surface area contributed by atoms with Gasteiger partial charge in [-0.15, -0.1) is 5.10 Å². The molecule has 4 heterocycles. The summed E-state index contributed by atoms with van der Waals surface area (Å²) in [5.41, 5.74) is 2.64. The predicted molar refractivity (Wildman–Crippen MR) is 109 cm³/mol. The number of aromatic nitrogens is 3. The van der Waals surface area contributed by atoms with Crippen molar-refractivity contribution in [1.29, 1.82) is 0 Å². The number of anilines is 1. The molecule has 1 saturated heterocycles. The van der Waals surface area contributed by atoms with E-state index in [4.69, 9.17) is 14.8 Å². The molecule has 1 aromatic heterocycles. The highest BCUT2D eigenvalue weighted by Crippen LogP contribution is 2.31. The van der Waals surface area contributed by atoms with Gasteiger partial charge >= 0.3 is 0 Å². The average Bonchev–Trinajstić information content (AvgIpc) is 3.38. The maximum Gasteiger partial charge on any atom is 0.245 e. The molecule has 0 aliphatic carbocycles. The van der Waals surface area contributed by atoms with Crippen molar-refractivity contribution in [3.63, 3.8) is 0 Å². The maximum absolute atomic E-state index is 11.6. The molecule has 0 radical (unpaired) electrons. The number of piperazine rings is 1. The van der Waals surface area contributed by atoms with E-state index in [9.17, 15) is 4.79 Å². The number of benzene rings is 1. The summed E-state index contributed by atoms with van der Waals surface area (Å²) >= 11 is 0. The van der Waals surface area contributed by atoms with Gasteiger partial charge in [0.25, 0.3) is 0 Å². The molecular weight excluding hydrogens is 368 g/mol. The third-order valence-electron chi connectivity index (χ3n) is 6.44. The van der Waals surface area contributed by atoms with Gasteiger partial charge in [0.2, 0.25) is 11.9 Å². The lowest BCUT2D eigenvalue weighted by molar-refractivity contribution is -0.130. The first kappa shape index (κ1) is 18.4. The van der Waals surface area contributed by atoms with Crippen LogP contribution in [0.15, 0.2) is 18.2 Å². The van der Waals surface area contributed by atoms with Crippen LogP contribution in [-0.4, -0.2) is 69.8 Å². The van der Waals surface area contributed by atoms with E-state index in [-0.39, 0.29) is 5.91 Å². The minimum Gasteiger partial charge on any atom is -0.493 e. The lowest BCUT2D eigenvalue weighted by Crippen LogP contribution is -2.47. The minimum atomic E-state index is 0.0976. The number of hydrogen-bond acceptors (Lipinski definition) is 6. The van der Waals surface area contributed by atoms with Crippen LogP contribution in [-0.2, 0) is 24.3 Å². The second kappa shape index (κ2) is 7.33. The Balaban J connectivity index is 1.22. The Bertz CT molecular complexity index is 918. The maximum atomic E-state index is 11.6. The van der Waals surface area contributed by atoms with Crippen LogP contribution >= 0.6 is 0 Å². The van der Waals surface area contributed by atoms with Crippen LogP contribution in [0.25, 0.3) is 0 Å². The van der Waals surface area contributed by atoms with E-state index in [1.807, 2.05) is 9.58 Å². The van der Waals surface area contributed by atoms with Gasteiger partial charge in [0.1, 0.15) is 11.6 Å². The highest BCUT2D eigenvalue weighted by atomic mass is 16.5. The zero-order valence-corrected chi connectivity index (χ0v) is 17.2. The molecule has 5 rings (SSSR count). The van der Waals surface area contributed by atoms with Gasteiger partial charge in [0, 0.05) is 52.1 Å². The summed E-state index contributed by atoms with van der Waals surface area (Å²) in [4.78, 5) is 23.0. The van der Waals surface area contributed by atoms with Crippen LogP contribution in [0.3, 0.4) is 0 Å². The Hall–Kier alpha value is -2.61. The number of amides is 1. The van der Waals surface area contributed by atoms with Crippen LogP contribution in [0, 0.1) is 0 Å². The Morgan fingerprint density at radius 1 is 1.14 bits per heavy atom. The second-order valence-corrected chi connectivity index (χ2v) is 8.16. The number of fused-ring (bicyclic) bond motifs is 2. The van der Waals surface area contributed by atoms with E-state index in [1.54, 1.807) is 6.92 Å². The number of ether oxygens (including phenoxy) is 1. The van der Waals surface area contributed by atoms with E-state index < -0.39 is 0 Å². The van der Waals surface area contributed by atoms with Crippen LogP contribution < -0.4 is 9.64 Å². The van der Waals surface area contributed by atoms with Gasteiger partial charge in [-0.05, 0) is 24.1 Å². The minimum absolute atomic E-state index is 0.0976. The molecule has 1 fully saturated rings. The lowest BCUT2D eigenvalue weighted by atomic mass is 10.0. The first-order valence-corrected chi connectivity index (χ1v) is 10.5. The topological polar surface area (TPSA) is 66.7 Å². The predicted octanol–water partition coefficient (Wildman–Crippen LogP) is 1.46. The molecule has 0 N–H and O–H groups in total. The summed E-state index contributed by atoms with van der Waals surface area (Å²) in [6.07, 6.45) is 1.02. The van der Waals surface area contributed by atoms with Crippen molar-refractivity contribution in [2.24, 2.45) is 0 Å². The Morgan fingerprint density at radius 2 is 1.97 bits per heavy atom. The number of rotatable bonds is 3. The molecule has 2 aromatic rings. The molecule has 0 bridgehead atoms. The summed E-state index contributed by atoms with van der Waals surface area (Å²) in [5.74, 6) is 2.83. The van der Waals surface area contributed by atoms with E-state index in [0.29, 0.717) is 19.1 Å². The number of nitrogens with zero attached hydrogens (tertiary/aromatic N) is 6. The molecule has 0 unspecified atom stereocenters. The van der Waals surface area contributed by atoms with Crippen molar-refractivity contribution in [2.75, 3.05) is 44.2 Å². The van der Waals surface area contributed by atoms with E-state index in [0.717, 1.165) is 63.3 Å². The summed E-state index contributed by atoms with van der Waals surface area (Å²) in [7, 11) is 0. The van der Waals surface area contributed by atoms with Crippen LogP contribution in [0.5, 0.6) is 5.75 Å². The molecule has 0 spiro atoms. The summed E-state index contributed by atoms with van der Waals surface area (Å²) in [6.45, 7) is 10.4. The van der Waals surface area contributed by atoms with Crippen LogP contribution in [0.1, 0.15) is 36.8 Å². The number of carbonyl (C=O) groups is 1. The Labute approximate surface area is 171 Å². The third kappa shape index (κ3) is 3.46. The van der Waals surface area contributed by atoms with Gasteiger partial charge in [-0.3, -0.25) is 9.69 Å². The number of hydrogen-bond donors (Lipinski definition) is 0. The SMILES string of the molecule is CC(=O)N1CCn2nc(N3CCN([C@@H](C)c4ccc5c(c4)OCC5)CC3)nc2C1. The second-order valence-electron chi connectivity index (χ2n) is 8.16. The zero-order chi connectivity index (χ0) is 20.0. The molecule has 154 valence electrons. The molecular formula is C21H28N6O2. The van der Waals surface area contributed by atoms with Crippen LogP contribution in [0.4, 0.5) is 5.95 Å². The zero-order valence-electron chi connectivity index (χ0n) is 17.2. The normalized spacial score (nSPS) is 20.2. The van der Waals surface area contributed by atoms with Crippen molar-refractivity contribution in [3.8, 4) is 5.75 Å². The molecule has 8 heteroatoms. The van der Waals surface area contributed by atoms with E-state index in [1.165, 1.54) is 11.1 Å². The van der Waals surface area contributed by atoms with Gasteiger partial charge in [0.15, 0.2) is 0 Å². The Morgan fingerprint density at radius 3 is 2.76 bits per heavy atom. The fourth-order valence-electron chi connectivity index (χ4n) is 4.49. The molecule has 1 atom stereocenters. The lowest BCUT2D eigenvalue weighted by Gasteiger charge is -2.37. The van der Waals surface area contributed by atoms with Crippen molar-refractivity contribution < 1.29 is 9.53 Å². The molecule has 1 aromatic carbocycles. The molecule has 8 nitrogen and oxygen atoms in total. The average molecular weight is 396 g/mol. The van der Waals surface area contributed by atoms with Crippen molar-refractivity contribution in [1.82, 2.24) is 24.6 Å². The molecule has 3 aliphatic heterocycles. The first-order chi connectivity index (χ1) is 14.1. The fraction of sp³-hybridized carbons (Fsp3) is 0.571. The molecule has 0 saturated carbocycles. The monoisotopic (exact) mass is 396 g/mol. The standard InChI is InChI=1S/C21H28N6O2/c1-15(18-4-3-17-5-12-29-19(17)13-18)24-6-8-25(9-7-24)21-22-20-14-26(16(2)28)10-11-27(20)23-21/h3-4,13,15H,5-12,14H2,1-2H3/t15-/m0/s1. The van der Waals surface area contributed by atoms with Gasteiger partial charge in [-0.2, -0.15) is 4.98 Å². The van der Waals surface area contributed by atoms with Crippen molar-refractivity contribution >= 4 is 11.9 Å². The quantitative estimate of drug-likeness (QED) is 0.783.